The Balaban J connectivity index is 1.61. The van der Waals surface area contributed by atoms with Crippen molar-refractivity contribution in [2.75, 3.05) is 0 Å². The predicted octanol–water partition coefficient (Wildman–Crippen LogP) is 5.23. The Hall–Kier alpha value is -3.29. The first-order valence-corrected chi connectivity index (χ1v) is 10.9. The van der Waals surface area contributed by atoms with Gasteiger partial charge in [0.05, 0.1) is 35.0 Å². The van der Waals surface area contributed by atoms with E-state index in [1.807, 2.05) is 59.3 Å². The minimum Gasteiger partial charge on any atom is -0.352 e. The van der Waals surface area contributed by atoms with Gasteiger partial charge in [-0.2, -0.15) is 0 Å². The molecule has 8 heteroatoms. The van der Waals surface area contributed by atoms with E-state index in [1.54, 1.807) is 24.5 Å². The van der Waals surface area contributed by atoms with Crippen molar-refractivity contribution in [3.05, 3.63) is 113 Å². The fraction of sp³-hybridized carbons (Fsp3) is 0.125. The maximum Gasteiger partial charge on any atom is 0.170 e. The molecular weight excluding hydrogens is 445 g/mol. The third-order valence-corrected chi connectivity index (χ3v) is 6.16. The van der Waals surface area contributed by atoms with Crippen LogP contribution >= 0.6 is 23.8 Å². The molecule has 160 valence electrons. The van der Waals surface area contributed by atoms with Crippen LogP contribution in [0.1, 0.15) is 29.2 Å². The summed E-state index contributed by atoms with van der Waals surface area (Å²) in [5, 5.41) is 4.15. The average Bonchev–Trinajstić information content (AvgIpc) is 3.42. The Morgan fingerprint density at radius 1 is 1.00 bits per heavy atom. The van der Waals surface area contributed by atoms with Crippen molar-refractivity contribution in [3.63, 3.8) is 0 Å². The van der Waals surface area contributed by atoms with Crippen LogP contribution in [0, 0.1) is 5.82 Å². The first-order chi connectivity index (χ1) is 15.6. The molecule has 1 saturated heterocycles. The molecule has 1 aromatic carbocycles. The van der Waals surface area contributed by atoms with Crippen molar-refractivity contribution in [2.24, 2.45) is 0 Å². The summed E-state index contributed by atoms with van der Waals surface area (Å²) in [5.41, 5.74) is 3.54. The lowest BCUT2D eigenvalue weighted by Crippen LogP contribution is -2.30. The van der Waals surface area contributed by atoms with Gasteiger partial charge in [0, 0.05) is 30.0 Å². The molecule has 0 aliphatic carbocycles. The van der Waals surface area contributed by atoms with E-state index >= 15 is 0 Å². The van der Waals surface area contributed by atoms with E-state index in [2.05, 4.69) is 20.2 Å². The van der Waals surface area contributed by atoms with Crippen LogP contribution < -0.4 is 5.32 Å². The van der Waals surface area contributed by atoms with Crippen molar-refractivity contribution < 1.29 is 4.39 Å². The van der Waals surface area contributed by atoms with Gasteiger partial charge in [0.25, 0.3) is 0 Å². The number of halogens is 2. The van der Waals surface area contributed by atoms with Crippen LogP contribution in [0.2, 0.25) is 5.02 Å². The van der Waals surface area contributed by atoms with Gasteiger partial charge >= 0.3 is 0 Å². The smallest absolute Gasteiger partial charge is 0.170 e. The molecule has 4 heterocycles. The van der Waals surface area contributed by atoms with E-state index < -0.39 is 5.82 Å². The van der Waals surface area contributed by atoms with Gasteiger partial charge in [-0.25, -0.2) is 4.39 Å². The standard InChI is InChI=1S/C24H19ClFN5S/c25-18-14-17(9-10-19(18)26)30-13-5-8-21(30)23-22(20-7-2-4-12-28-20)29-24(32)31(23)15-16-6-1-3-11-27-16/h1-14,22-23H,15H2,(H,29,32)/t22-,23-/m1/s1. The van der Waals surface area contributed by atoms with E-state index in [-0.39, 0.29) is 17.1 Å². The van der Waals surface area contributed by atoms with Gasteiger partial charge in [-0.3, -0.25) is 9.97 Å². The SMILES string of the molecule is Fc1ccc(-n2cccc2[C@@H]2[C@@H](c3ccccn3)NC(=S)N2Cc2ccccn2)cc1Cl. The van der Waals surface area contributed by atoms with Gasteiger partial charge in [0.1, 0.15) is 5.82 Å². The first-order valence-electron chi connectivity index (χ1n) is 10.1. The number of benzene rings is 1. The van der Waals surface area contributed by atoms with Crippen LogP contribution in [0.4, 0.5) is 4.39 Å². The number of nitrogens with one attached hydrogen (secondary N) is 1. The highest BCUT2D eigenvalue weighted by atomic mass is 35.5. The van der Waals surface area contributed by atoms with Gasteiger partial charge in [-0.1, -0.05) is 23.7 Å². The molecule has 4 aromatic rings. The van der Waals surface area contributed by atoms with Gasteiger partial charge in [0.15, 0.2) is 5.11 Å². The fourth-order valence-electron chi connectivity index (χ4n) is 4.07. The zero-order valence-corrected chi connectivity index (χ0v) is 18.5. The molecule has 1 aliphatic rings. The second-order valence-electron chi connectivity index (χ2n) is 7.48. The summed E-state index contributed by atoms with van der Waals surface area (Å²) in [7, 11) is 0. The molecule has 5 nitrogen and oxygen atoms in total. The molecule has 0 radical (unpaired) electrons. The van der Waals surface area contributed by atoms with E-state index in [0.29, 0.717) is 11.7 Å². The Kier molecular flexibility index (Phi) is 5.59. The molecule has 1 N–H and O–H groups in total. The zero-order chi connectivity index (χ0) is 22.1. The lowest BCUT2D eigenvalue weighted by atomic mass is 10.0. The van der Waals surface area contributed by atoms with E-state index in [1.165, 1.54) is 6.07 Å². The molecule has 0 spiro atoms. The maximum absolute atomic E-state index is 13.8. The predicted molar refractivity (Wildman–Crippen MR) is 126 cm³/mol. The van der Waals surface area contributed by atoms with Crippen molar-refractivity contribution in [3.8, 4) is 5.69 Å². The first kappa shape index (κ1) is 20.6. The Morgan fingerprint density at radius 3 is 2.53 bits per heavy atom. The second-order valence-corrected chi connectivity index (χ2v) is 8.27. The average molecular weight is 464 g/mol. The van der Waals surface area contributed by atoms with Gasteiger partial charge in [0.2, 0.25) is 0 Å². The molecule has 0 unspecified atom stereocenters. The molecule has 0 amide bonds. The summed E-state index contributed by atoms with van der Waals surface area (Å²) in [6.45, 7) is 0.538. The second kappa shape index (κ2) is 8.68. The molecule has 5 rings (SSSR count). The number of hydrogen-bond donors (Lipinski definition) is 1. The number of nitrogens with zero attached hydrogens (tertiary/aromatic N) is 4. The van der Waals surface area contributed by atoms with Crippen LogP contribution in [-0.4, -0.2) is 24.5 Å². The zero-order valence-electron chi connectivity index (χ0n) is 16.9. The Morgan fingerprint density at radius 2 is 1.81 bits per heavy atom. The highest BCUT2D eigenvalue weighted by Crippen LogP contribution is 2.40. The van der Waals surface area contributed by atoms with Gasteiger partial charge in [-0.05, 0) is 66.8 Å². The highest BCUT2D eigenvalue weighted by molar-refractivity contribution is 7.80. The quantitative estimate of drug-likeness (QED) is 0.410. The topological polar surface area (TPSA) is 46.0 Å². The Bertz CT molecular complexity index is 1250. The van der Waals surface area contributed by atoms with Crippen molar-refractivity contribution in [1.82, 2.24) is 24.8 Å². The molecule has 32 heavy (non-hydrogen) atoms. The van der Waals surface area contributed by atoms with Crippen LogP contribution in [0.5, 0.6) is 0 Å². The molecule has 3 aromatic heterocycles. The molecular formula is C24H19ClFN5S. The molecule has 1 aliphatic heterocycles. The van der Waals surface area contributed by atoms with Crippen LogP contribution in [0.3, 0.4) is 0 Å². The Labute approximate surface area is 195 Å². The van der Waals surface area contributed by atoms with Crippen LogP contribution in [0.25, 0.3) is 5.69 Å². The number of aromatic nitrogens is 3. The summed E-state index contributed by atoms with van der Waals surface area (Å²) in [4.78, 5) is 11.2. The van der Waals surface area contributed by atoms with E-state index in [4.69, 9.17) is 23.8 Å². The van der Waals surface area contributed by atoms with Gasteiger partial charge in [-0.15, -0.1) is 0 Å². The minimum atomic E-state index is -0.448. The summed E-state index contributed by atoms with van der Waals surface area (Å²) < 4.78 is 15.8. The largest absolute Gasteiger partial charge is 0.352 e. The van der Waals surface area contributed by atoms with Crippen molar-refractivity contribution in [1.29, 1.82) is 0 Å². The van der Waals surface area contributed by atoms with Crippen LogP contribution in [-0.2, 0) is 6.54 Å². The molecule has 0 saturated carbocycles. The summed E-state index contributed by atoms with van der Waals surface area (Å²) >= 11 is 11.8. The molecule has 0 bridgehead atoms. The number of hydrogen-bond acceptors (Lipinski definition) is 3. The third kappa shape index (κ3) is 3.85. The van der Waals surface area contributed by atoms with Crippen molar-refractivity contribution in [2.45, 2.75) is 18.6 Å². The van der Waals surface area contributed by atoms with Crippen LogP contribution in [0.15, 0.2) is 85.3 Å². The molecule has 1 fully saturated rings. The number of rotatable bonds is 5. The summed E-state index contributed by atoms with van der Waals surface area (Å²) in [5.74, 6) is -0.448. The van der Waals surface area contributed by atoms with E-state index in [9.17, 15) is 4.39 Å². The monoisotopic (exact) mass is 463 g/mol. The maximum atomic E-state index is 13.8. The lowest BCUT2D eigenvalue weighted by Gasteiger charge is -2.28. The highest BCUT2D eigenvalue weighted by Gasteiger charge is 2.41. The van der Waals surface area contributed by atoms with Crippen molar-refractivity contribution >= 4 is 28.9 Å². The normalized spacial score (nSPS) is 18.1. The van der Waals surface area contributed by atoms with Gasteiger partial charge < -0.3 is 14.8 Å². The fourth-order valence-corrected chi connectivity index (χ4v) is 4.55. The summed E-state index contributed by atoms with van der Waals surface area (Å²) in [6.07, 6.45) is 5.49. The number of pyridine rings is 2. The third-order valence-electron chi connectivity index (χ3n) is 5.52. The minimum absolute atomic E-state index is 0.0776. The molecule has 2 atom stereocenters. The summed E-state index contributed by atoms with van der Waals surface area (Å²) in [6, 6.07) is 20.0. The lowest BCUT2D eigenvalue weighted by molar-refractivity contribution is 0.299. The van der Waals surface area contributed by atoms with E-state index in [0.717, 1.165) is 22.8 Å². The number of thiocarbonyl (C=S) groups is 1.